The highest BCUT2D eigenvalue weighted by atomic mass is 16.5. The zero-order valence-corrected chi connectivity index (χ0v) is 43.7. The smallest absolute Gasteiger partial charge is 0.162 e. The van der Waals surface area contributed by atoms with Gasteiger partial charge in [0.2, 0.25) is 0 Å². The molecule has 1 aliphatic rings. The molecular weight excluding hydrogens is 833 g/mol. The zero-order chi connectivity index (χ0) is 48.0. The summed E-state index contributed by atoms with van der Waals surface area (Å²) < 4.78 is 25.8. The third kappa shape index (κ3) is 24.2. The van der Waals surface area contributed by atoms with Crippen LogP contribution in [0.25, 0.3) is 0 Å². The van der Waals surface area contributed by atoms with Crippen LogP contribution in [0.15, 0.2) is 48.5 Å². The van der Waals surface area contributed by atoms with Crippen molar-refractivity contribution in [2.45, 2.75) is 233 Å². The first kappa shape index (κ1) is 56.1. The molecule has 0 bridgehead atoms. The van der Waals surface area contributed by atoms with E-state index in [9.17, 15) is 0 Å². The Morgan fingerprint density at radius 3 is 0.779 bits per heavy atom. The second kappa shape index (κ2) is 37.4. The number of unbranched alkanes of at least 4 members (excludes halogenated alkanes) is 28. The van der Waals surface area contributed by atoms with Crippen molar-refractivity contribution in [3.63, 3.8) is 0 Å². The van der Waals surface area contributed by atoms with Gasteiger partial charge in [-0.25, -0.2) is 0 Å². The SMILES string of the molecule is CCCCCCCCCCOc1ccc2c(c1)C#Cc1cc(OCCCCCCCCCC)c(OCCCCCCCCCC)cc1C#Cc1cc(OCCCCCCCCCC)ccc1C#C2. The third-order valence-corrected chi connectivity index (χ3v) is 13.1. The van der Waals surface area contributed by atoms with Crippen LogP contribution in [-0.4, -0.2) is 26.4 Å². The van der Waals surface area contributed by atoms with Crippen LogP contribution < -0.4 is 18.9 Å². The first-order valence-electron chi connectivity index (χ1n) is 28.2. The lowest BCUT2D eigenvalue weighted by Crippen LogP contribution is -2.04. The minimum atomic E-state index is 0.647. The van der Waals surface area contributed by atoms with E-state index in [-0.39, 0.29) is 0 Å². The maximum absolute atomic E-state index is 6.60. The first-order valence-corrected chi connectivity index (χ1v) is 28.2. The van der Waals surface area contributed by atoms with Crippen LogP contribution >= 0.6 is 0 Å². The van der Waals surface area contributed by atoms with Gasteiger partial charge >= 0.3 is 0 Å². The summed E-state index contributed by atoms with van der Waals surface area (Å²) in [5, 5.41) is 0. The molecule has 0 radical (unpaired) electrons. The lowest BCUT2D eigenvalue weighted by molar-refractivity contribution is 0.258. The summed E-state index contributed by atoms with van der Waals surface area (Å²) >= 11 is 0. The van der Waals surface area contributed by atoms with Crippen LogP contribution in [-0.2, 0) is 0 Å². The van der Waals surface area contributed by atoms with E-state index in [1.807, 2.05) is 12.1 Å². The number of benzene rings is 3. The summed E-state index contributed by atoms with van der Waals surface area (Å²) in [6, 6.07) is 16.4. The van der Waals surface area contributed by atoms with Gasteiger partial charge in [0.15, 0.2) is 11.5 Å². The number of hydrogen-bond donors (Lipinski definition) is 0. The van der Waals surface area contributed by atoms with Crippen LogP contribution in [0.1, 0.15) is 267 Å². The highest BCUT2D eigenvalue weighted by Gasteiger charge is 2.13. The van der Waals surface area contributed by atoms with E-state index in [0.717, 1.165) is 82.1 Å². The van der Waals surface area contributed by atoms with Gasteiger partial charge in [-0.2, -0.15) is 0 Å². The molecule has 0 heterocycles. The Morgan fingerprint density at radius 2 is 0.485 bits per heavy atom. The molecule has 0 fully saturated rings. The van der Waals surface area contributed by atoms with Gasteiger partial charge in [0.05, 0.1) is 26.4 Å². The third-order valence-electron chi connectivity index (χ3n) is 13.1. The molecular formula is C64H92O4. The summed E-state index contributed by atoms with van der Waals surface area (Å²) in [5.74, 6) is 24.2. The van der Waals surface area contributed by atoms with Gasteiger partial charge in [-0.3, -0.25) is 0 Å². The average Bonchev–Trinajstić information content (AvgIpc) is 3.35. The van der Waals surface area contributed by atoms with Crippen molar-refractivity contribution < 1.29 is 18.9 Å². The van der Waals surface area contributed by atoms with Gasteiger partial charge in [0.25, 0.3) is 0 Å². The monoisotopic (exact) mass is 925 g/mol. The summed E-state index contributed by atoms with van der Waals surface area (Å²) in [4.78, 5) is 0. The molecule has 0 amide bonds. The van der Waals surface area contributed by atoms with E-state index in [1.54, 1.807) is 0 Å². The lowest BCUT2D eigenvalue weighted by Gasteiger charge is -2.15. The van der Waals surface area contributed by atoms with E-state index in [4.69, 9.17) is 18.9 Å². The van der Waals surface area contributed by atoms with Crippen molar-refractivity contribution >= 4 is 0 Å². The highest BCUT2D eigenvalue weighted by molar-refractivity contribution is 5.65. The molecule has 0 unspecified atom stereocenters. The molecule has 0 atom stereocenters. The van der Waals surface area contributed by atoms with Crippen molar-refractivity contribution in [1.82, 2.24) is 0 Å². The second-order valence-corrected chi connectivity index (χ2v) is 19.3. The molecule has 372 valence electrons. The number of hydrogen-bond acceptors (Lipinski definition) is 4. The summed E-state index contributed by atoms with van der Waals surface area (Å²) in [5.41, 5.74) is 5.05. The van der Waals surface area contributed by atoms with Crippen molar-refractivity contribution in [3.8, 4) is 58.5 Å². The Labute approximate surface area is 417 Å². The quantitative estimate of drug-likeness (QED) is 0.0329. The van der Waals surface area contributed by atoms with E-state index < -0.39 is 0 Å². The summed E-state index contributed by atoms with van der Waals surface area (Å²) in [7, 11) is 0. The van der Waals surface area contributed by atoms with Gasteiger partial charge in [0, 0.05) is 45.5 Å². The topological polar surface area (TPSA) is 36.9 Å². The molecule has 3 aromatic rings. The lowest BCUT2D eigenvalue weighted by atomic mass is 10.0. The Balaban J connectivity index is 1.60. The molecule has 4 rings (SSSR count). The Bertz CT molecular complexity index is 1850. The maximum Gasteiger partial charge on any atom is 0.162 e. The standard InChI is InChI=1S/C64H92O4/c1-5-9-13-17-21-25-29-33-47-65-61-45-43-55-37-38-56-44-46-62(66-48-34-30-26-22-18-14-10-6-2)52-58(56)40-42-60-54-64(68-50-36-32-28-24-20-16-12-8-4)63(53-59(60)41-39-57(55)51-61)67-49-35-31-27-23-19-15-11-7-3/h43-46,51-54H,5-36,47-50H2,1-4H3. The van der Waals surface area contributed by atoms with Gasteiger partial charge in [-0.05, 0) is 62.1 Å². The average molecular weight is 925 g/mol. The zero-order valence-electron chi connectivity index (χ0n) is 43.7. The van der Waals surface area contributed by atoms with Crippen LogP contribution in [0.4, 0.5) is 0 Å². The van der Waals surface area contributed by atoms with Gasteiger partial charge in [0.1, 0.15) is 11.5 Å². The van der Waals surface area contributed by atoms with E-state index >= 15 is 0 Å². The Hall–Kier alpha value is -4.46. The van der Waals surface area contributed by atoms with Crippen molar-refractivity contribution in [2.24, 2.45) is 0 Å². The van der Waals surface area contributed by atoms with E-state index in [1.165, 1.54) is 180 Å². The molecule has 0 spiro atoms. The minimum Gasteiger partial charge on any atom is -0.494 e. The van der Waals surface area contributed by atoms with Gasteiger partial charge in [-0.15, -0.1) is 0 Å². The molecule has 4 heteroatoms. The minimum absolute atomic E-state index is 0.647. The first-order chi connectivity index (χ1) is 33.6. The molecule has 0 N–H and O–H groups in total. The number of ether oxygens (including phenoxy) is 4. The molecule has 3 aromatic carbocycles. The van der Waals surface area contributed by atoms with Gasteiger partial charge in [-0.1, -0.05) is 243 Å². The molecule has 4 nitrogen and oxygen atoms in total. The molecule has 1 aliphatic carbocycles. The fourth-order valence-corrected chi connectivity index (χ4v) is 8.74. The largest absolute Gasteiger partial charge is 0.494 e. The number of rotatable bonds is 40. The van der Waals surface area contributed by atoms with Crippen molar-refractivity contribution in [1.29, 1.82) is 0 Å². The predicted octanol–water partition coefficient (Wildman–Crippen LogP) is 18.3. The van der Waals surface area contributed by atoms with Crippen LogP contribution in [0.3, 0.4) is 0 Å². The molecule has 0 saturated heterocycles. The van der Waals surface area contributed by atoms with Crippen LogP contribution in [0, 0.1) is 35.5 Å². The fourth-order valence-electron chi connectivity index (χ4n) is 8.74. The van der Waals surface area contributed by atoms with Crippen LogP contribution in [0.2, 0.25) is 0 Å². The van der Waals surface area contributed by atoms with Crippen molar-refractivity contribution in [3.05, 3.63) is 81.9 Å². The van der Waals surface area contributed by atoms with Gasteiger partial charge < -0.3 is 18.9 Å². The highest BCUT2D eigenvalue weighted by Crippen LogP contribution is 2.32. The fraction of sp³-hybridized carbons (Fsp3) is 0.625. The normalized spacial score (nSPS) is 11.3. The second-order valence-electron chi connectivity index (χ2n) is 19.3. The van der Waals surface area contributed by atoms with Crippen molar-refractivity contribution in [2.75, 3.05) is 26.4 Å². The summed E-state index contributed by atoms with van der Waals surface area (Å²) in [6.07, 6.45) is 40.4. The molecule has 0 saturated carbocycles. The van der Waals surface area contributed by atoms with E-state index in [0.29, 0.717) is 26.4 Å². The Kier molecular flexibility index (Phi) is 30.9. The maximum atomic E-state index is 6.60. The predicted molar refractivity (Wildman–Crippen MR) is 290 cm³/mol. The Morgan fingerprint density at radius 1 is 0.250 bits per heavy atom. The molecule has 68 heavy (non-hydrogen) atoms. The number of fused-ring (bicyclic) bond motifs is 3. The van der Waals surface area contributed by atoms with E-state index in [2.05, 4.69) is 99.6 Å². The van der Waals surface area contributed by atoms with Crippen LogP contribution in [0.5, 0.6) is 23.0 Å². The molecule has 0 aliphatic heterocycles. The summed E-state index contributed by atoms with van der Waals surface area (Å²) in [6.45, 7) is 11.8. The molecule has 0 aromatic heterocycles.